The van der Waals surface area contributed by atoms with Crippen molar-refractivity contribution in [2.75, 3.05) is 26.0 Å². The molecule has 0 atom stereocenters. The van der Waals surface area contributed by atoms with E-state index < -0.39 is 10.0 Å². The van der Waals surface area contributed by atoms with E-state index in [1.165, 1.54) is 20.2 Å². The molecule has 0 aliphatic carbocycles. The summed E-state index contributed by atoms with van der Waals surface area (Å²) in [6.45, 7) is 5.91. The summed E-state index contributed by atoms with van der Waals surface area (Å²) in [4.78, 5) is 34.4. The number of hydrogen-bond donors (Lipinski definition) is 2. The highest BCUT2D eigenvalue weighted by atomic mass is 32.2. The van der Waals surface area contributed by atoms with Gasteiger partial charge in [-0.2, -0.15) is 0 Å². The number of amides is 1. The second kappa shape index (κ2) is 9.82. The molecule has 33 heavy (non-hydrogen) atoms. The molecule has 0 bridgehead atoms. The van der Waals surface area contributed by atoms with E-state index in [4.69, 9.17) is 0 Å². The van der Waals surface area contributed by atoms with Gasteiger partial charge in [0.15, 0.2) is 0 Å². The molecule has 1 amide bonds. The molecule has 0 aliphatic rings. The number of aromatic nitrogens is 2. The van der Waals surface area contributed by atoms with Gasteiger partial charge in [-0.05, 0) is 50.6 Å². The molecule has 0 spiro atoms. The lowest BCUT2D eigenvalue weighted by molar-refractivity contribution is -0.117. The van der Waals surface area contributed by atoms with Gasteiger partial charge in [0.2, 0.25) is 15.9 Å². The van der Waals surface area contributed by atoms with Crippen LogP contribution >= 0.6 is 0 Å². The topological polar surface area (TPSA) is 115 Å². The molecule has 3 rings (SSSR count). The molecule has 0 fully saturated rings. The summed E-state index contributed by atoms with van der Waals surface area (Å²) in [5, 5.41) is 3.29. The molecule has 3 aromatic rings. The van der Waals surface area contributed by atoms with Crippen molar-refractivity contribution < 1.29 is 13.2 Å². The molecule has 0 aliphatic heterocycles. The summed E-state index contributed by atoms with van der Waals surface area (Å²) in [7, 11) is -0.708. The summed E-state index contributed by atoms with van der Waals surface area (Å²) >= 11 is 0. The van der Waals surface area contributed by atoms with Gasteiger partial charge in [0.05, 0.1) is 28.9 Å². The highest BCUT2D eigenvalue weighted by Gasteiger charge is 2.21. The van der Waals surface area contributed by atoms with E-state index in [-0.39, 0.29) is 35.5 Å². The van der Waals surface area contributed by atoms with Crippen molar-refractivity contribution in [1.82, 2.24) is 19.2 Å². The van der Waals surface area contributed by atoms with Crippen molar-refractivity contribution in [3.8, 4) is 0 Å². The van der Waals surface area contributed by atoms with E-state index >= 15 is 0 Å². The summed E-state index contributed by atoms with van der Waals surface area (Å²) in [5.74, 6) is 0.166. The van der Waals surface area contributed by atoms with Crippen LogP contribution in [0.15, 0.2) is 52.2 Å². The first-order valence-electron chi connectivity index (χ1n) is 10.5. The van der Waals surface area contributed by atoms with Gasteiger partial charge in [0.1, 0.15) is 5.82 Å². The molecule has 1 heterocycles. The molecule has 1 aromatic heterocycles. The standard InChI is InChI=1S/C23H29N5O4S/c1-15(2)28(13-21-25-19-9-7-6-8-18(19)23(30)26-21)14-22(29)24-17-11-10-16(3)20(12-17)33(31,32)27(4)5/h6-12,15H,13-14H2,1-5H3,(H,24,29)(H,25,26,30). The van der Waals surface area contributed by atoms with Gasteiger partial charge in [0, 0.05) is 25.8 Å². The number of H-pyrrole nitrogens is 1. The number of aryl methyl sites for hydroxylation is 1. The fraction of sp³-hybridized carbons (Fsp3) is 0.348. The lowest BCUT2D eigenvalue weighted by atomic mass is 10.2. The normalized spacial score (nSPS) is 12.1. The molecule has 0 radical (unpaired) electrons. The van der Waals surface area contributed by atoms with Crippen molar-refractivity contribution in [2.45, 2.75) is 38.3 Å². The molecule has 0 saturated heterocycles. The molecule has 176 valence electrons. The second-order valence-corrected chi connectivity index (χ2v) is 10.5. The van der Waals surface area contributed by atoms with Crippen LogP contribution < -0.4 is 10.9 Å². The summed E-state index contributed by atoms with van der Waals surface area (Å²) in [6, 6.07) is 11.9. The van der Waals surface area contributed by atoms with Gasteiger partial charge in [-0.25, -0.2) is 17.7 Å². The molecular weight excluding hydrogens is 442 g/mol. The van der Waals surface area contributed by atoms with Crippen LogP contribution in [0.4, 0.5) is 5.69 Å². The molecule has 9 nitrogen and oxygen atoms in total. The molecule has 10 heteroatoms. The zero-order chi connectivity index (χ0) is 24.3. The summed E-state index contributed by atoms with van der Waals surface area (Å²) in [6.07, 6.45) is 0. The smallest absolute Gasteiger partial charge is 0.258 e. The van der Waals surface area contributed by atoms with Crippen LogP contribution in [0, 0.1) is 6.92 Å². The van der Waals surface area contributed by atoms with Crippen LogP contribution in [0.1, 0.15) is 25.2 Å². The number of carbonyl (C=O) groups excluding carboxylic acids is 1. The first kappa shape index (κ1) is 24.6. The molecule has 0 unspecified atom stereocenters. The van der Waals surface area contributed by atoms with Crippen molar-refractivity contribution in [1.29, 1.82) is 0 Å². The minimum Gasteiger partial charge on any atom is -0.325 e. The fourth-order valence-electron chi connectivity index (χ4n) is 3.36. The van der Waals surface area contributed by atoms with Gasteiger partial charge in [0.25, 0.3) is 5.56 Å². The maximum absolute atomic E-state index is 12.8. The lowest BCUT2D eigenvalue weighted by Gasteiger charge is -2.25. The zero-order valence-electron chi connectivity index (χ0n) is 19.4. The van der Waals surface area contributed by atoms with E-state index in [9.17, 15) is 18.0 Å². The average molecular weight is 472 g/mol. The number of nitrogens with zero attached hydrogens (tertiary/aromatic N) is 3. The SMILES string of the molecule is Cc1ccc(NC(=O)CN(Cc2nc3ccccc3c(=O)[nH]2)C(C)C)cc1S(=O)(=O)N(C)C. The second-order valence-electron chi connectivity index (χ2n) is 8.34. The lowest BCUT2D eigenvalue weighted by Crippen LogP contribution is -2.38. The predicted molar refractivity (Wildman–Crippen MR) is 129 cm³/mol. The number of para-hydroxylation sites is 1. The molecule has 2 aromatic carbocycles. The number of nitrogens with one attached hydrogen (secondary N) is 2. The number of carbonyl (C=O) groups is 1. The quantitative estimate of drug-likeness (QED) is 0.521. The van der Waals surface area contributed by atoms with Crippen LogP contribution in [0.5, 0.6) is 0 Å². The van der Waals surface area contributed by atoms with Crippen LogP contribution in [0.25, 0.3) is 10.9 Å². The Bertz CT molecular complexity index is 1330. The van der Waals surface area contributed by atoms with E-state index in [1.807, 2.05) is 24.8 Å². The minimum absolute atomic E-state index is 0.00443. The largest absolute Gasteiger partial charge is 0.325 e. The van der Waals surface area contributed by atoms with Gasteiger partial charge < -0.3 is 10.3 Å². The minimum atomic E-state index is -3.64. The Labute approximate surface area is 193 Å². The molecule has 2 N–H and O–H groups in total. The Kier molecular flexibility index (Phi) is 7.31. The van der Waals surface area contributed by atoms with Crippen LogP contribution in [-0.4, -0.2) is 60.2 Å². The number of fused-ring (bicyclic) bond motifs is 1. The highest BCUT2D eigenvalue weighted by molar-refractivity contribution is 7.89. The summed E-state index contributed by atoms with van der Waals surface area (Å²) in [5.41, 5.74) is 1.36. The predicted octanol–water partition coefficient (Wildman–Crippen LogP) is 2.33. The average Bonchev–Trinajstić information content (AvgIpc) is 2.74. The Morgan fingerprint density at radius 3 is 2.52 bits per heavy atom. The van der Waals surface area contributed by atoms with E-state index in [2.05, 4.69) is 15.3 Å². The van der Waals surface area contributed by atoms with E-state index in [0.29, 0.717) is 28.0 Å². The number of aromatic amines is 1. The third kappa shape index (κ3) is 5.65. The van der Waals surface area contributed by atoms with Crippen molar-refractivity contribution in [3.63, 3.8) is 0 Å². The summed E-state index contributed by atoms with van der Waals surface area (Å²) < 4.78 is 26.2. The number of hydrogen-bond acceptors (Lipinski definition) is 6. The first-order valence-corrected chi connectivity index (χ1v) is 12.0. The number of sulfonamides is 1. The third-order valence-corrected chi connectivity index (χ3v) is 7.28. The Morgan fingerprint density at radius 1 is 1.15 bits per heavy atom. The van der Waals surface area contributed by atoms with Crippen molar-refractivity contribution in [2.24, 2.45) is 0 Å². The third-order valence-electron chi connectivity index (χ3n) is 5.32. The van der Waals surface area contributed by atoms with Crippen molar-refractivity contribution >= 4 is 32.5 Å². The van der Waals surface area contributed by atoms with Crippen molar-refractivity contribution in [3.05, 3.63) is 64.2 Å². The number of rotatable bonds is 8. The molecule has 0 saturated carbocycles. The van der Waals surface area contributed by atoms with Crippen LogP contribution in [0.3, 0.4) is 0 Å². The number of benzene rings is 2. The van der Waals surface area contributed by atoms with E-state index in [1.54, 1.807) is 37.3 Å². The van der Waals surface area contributed by atoms with Crippen LogP contribution in [-0.2, 0) is 21.4 Å². The monoisotopic (exact) mass is 471 g/mol. The molecular formula is C23H29N5O4S. The highest BCUT2D eigenvalue weighted by Crippen LogP contribution is 2.22. The van der Waals surface area contributed by atoms with Gasteiger partial charge in [-0.3, -0.25) is 14.5 Å². The Morgan fingerprint density at radius 2 is 1.85 bits per heavy atom. The number of anilines is 1. The van der Waals surface area contributed by atoms with Crippen LogP contribution in [0.2, 0.25) is 0 Å². The maximum Gasteiger partial charge on any atom is 0.258 e. The first-order chi connectivity index (χ1) is 15.5. The maximum atomic E-state index is 12.8. The van der Waals surface area contributed by atoms with E-state index in [0.717, 1.165) is 4.31 Å². The Hall–Kier alpha value is -3.08. The van der Waals surface area contributed by atoms with Gasteiger partial charge in [-0.1, -0.05) is 18.2 Å². The fourth-order valence-corrected chi connectivity index (χ4v) is 4.50. The zero-order valence-corrected chi connectivity index (χ0v) is 20.2. The Balaban J connectivity index is 1.77. The van der Waals surface area contributed by atoms with Gasteiger partial charge >= 0.3 is 0 Å². The van der Waals surface area contributed by atoms with Gasteiger partial charge in [-0.15, -0.1) is 0 Å².